The quantitative estimate of drug-likeness (QED) is 0.663. The Labute approximate surface area is 163 Å². The predicted molar refractivity (Wildman–Crippen MR) is 102 cm³/mol. The first-order valence-corrected chi connectivity index (χ1v) is 9.98. The van der Waals surface area contributed by atoms with Gasteiger partial charge in [0.1, 0.15) is 0 Å². The maximum absolute atomic E-state index is 12.7. The number of hydrogen-bond donors (Lipinski definition) is 1. The van der Waals surface area contributed by atoms with Crippen LogP contribution in [0.3, 0.4) is 0 Å². The maximum Gasteiger partial charge on any atom is 0.339 e. The molecule has 2 rings (SSSR count). The number of ether oxygens (including phenoxy) is 3. The lowest BCUT2D eigenvalue weighted by Crippen LogP contribution is -2.14. The molecule has 7 nitrogen and oxygen atoms in total. The molecule has 0 saturated carbocycles. The Morgan fingerprint density at radius 3 is 2.33 bits per heavy atom. The minimum absolute atomic E-state index is 0.0102. The number of carbonyl (C=O) groups is 1. The normalized spacial score (nSPS) is 11.0. The number of methoxy groups -OCH3 is 1. The summed E-state index contributed by atoms with van der Waals surface area (Å²) in [6.07, 6.45) is 0. The van der Waals surface area contributed by atoms with Gasteiger partial charge in [-0.05, 0) is 44.2 Å². The fourth-order valence-corrected chi connectivity index (χ4v) is 3.53. The van der Waals surface area contributed by atoms with Gasteiger partial charge in [0.2, 0.25) is 0 Å². The SMILES string of the molecule is CCOc1ccc(S(=O)(=O)Nc2ccc(Cl)c(C(=O)OC)c2)cc1OCC. The third kappa shape index (κ3) is 5.05. The molecule has 2 aromatic rings. The summed E-state index contributed by atoms with van der Waals surface area (Å²) in [5.41, 5.74) is 0.229. The predicted octanol–water partition coefficient (Wildman–Crippen LogP) is 3.72. The lowest BCUT2D eigenvalue weighted by Gasteiger charge is -2.14. The molecule has 0 aliphatic rings. The van der Waals surface area contributed by atoms with Gasteiger partial charge in [-0.15, -0.1) is 0 Å². The van der Waals surface area contributed by atoms with Crippen molar-refractivity contribution in [3.05, 3.63) is 47.0 Å². The van der Waals surface area contributed by atoms with Crippen molar-refractivity contribution in [2.75, 3.05) is 25.0 Å². The first kappa shape index (κ1) is 20.9. The Morgan fingerprint density at radius 2 is 1.70 bits per heavy atom. The second kappa shape index (κ2) is 8.96. The number of hydrogen-bond acceptors (Lipinski definition) is 6. The second-order valence-corrected chi connectivity index (χ2v) is 7.36. The second-order valence-electron chi connectivity index (χ2n) is 5.27. The highest BCUT2D eigenvalue weighted by molar-refractivity contribution is 7.92. The number of halogens is 1. The van der Waals surface area contributed by atoms with Crippen molar-refractivity contribution in [3.8, 4) is 11.5 Å². The molecule has 0 radical (unpaired) electrons. The summed E-state index contributed by atoms with van der Waals surface area (Å²) in [6.45, 7) is 4.39. The van der Waals surface area contributed by atoms with Gasteiger partial charge in [-0.2, -0.15) is 0 Å². The number of rotatable bonds is 8. The van der Waals surface area contributed by atoms with Crippen LogP contribution in [-0.4, -0.2) is 34.7 Å². The number of nitrogens with one attached hydrogen (secondary N) is 1. The van der Waals surface area contributed by atoms with E-state index in [4.69, 9.17) is 21.1 Å². The monoisotopic (exact) mass is 413 g/mol. The molecule has 146 valence electrons. The van der Waals surface area contributed by atoms with Crippen molar-refractivity contribution >= 4 is 33.3 Å². The van der Waals surface area contributed by atoms with Crippen molar-refractivity contribution in [3.63, 3.8) is 0 Å². The molecule has 27 heavy (non-hydrogen) atoms. The number of carbonyl (C=O) groups excluding carboxylic acids is 1. The van der Waals surface area contributed by atoms with Crippen LogP contribution in [0.1, 0.15) is 24.2 Å². The molecule has 0 saturated heterocycles. The molecule has 0 fully saturated rings. The molecule has 1 N–H and O–H groups in total. The molecule has 0 aromatic heterocycles. The summed E-state index contributed by atoms with van der Waals surface area (Å²) < 4.78 is 43.4. The van der Waals surface area contributed by atoms with E-state index < -0.39 is 16.0 Å². The molecule has 0 aliphatic carbocycles. The Balaban J connectivity index is 2.36. The van der Waals surface area contributed by atoms with Crippen LogP contribution in [0.25, 0.3) is 0 Å². The summed E-state index contributed by atoms with van der Waals surface area (Å²) in [4.78, 5) is 11.7. The highest BCUT2D eigenvalue weighted by Gasteiger charge is 2.19. The van der Waals surface area contributed by atoms with Gasteiger partial charge in [-0.3, -0.25) is 4.72 Å². The van der Waals surface area contributed by atoms with Crippen LogP contribution in [0.15, 0.2) is 41.3 Å². The summed E-state index contributed by atoms with van der Waals surface area (Å²) in [5.74, 6) is 0.118. The van der Waals surface area contributed by atoms with E-state index in [1.54, 1.807) is 6.92 Å². The van der Waals surface area contributed by atoms with E-state index in [0.29, 0.717) is 24.7 Å². The number of anilines is 1. The van der Waals surface area contributed by atoms with Crippen LogP contribution in [-0.2, 0) is 14.8 Å². The van der Waals surface area contributed by atoms with Gasteiger partial charge < -0.3 is 14.2 Å². The molecule has 0 aliphatic heterocycles. The highest BCUT2D eigenvalue weighted by Crippen LogP contribution is 2.31. The van der Waals surface area contributed by atoms with E-state index in [0.717, 1.165) is 0 Å². The van der Waals surface area contributed by atoms with Crippen LogP contribution < -0.4 is 14.2 Å². The molecule has 0 spiro atoms. The number of benzene rings is 2. The topological polar surface area (TPSA) is 90.9 Å². The first-order valence-electron chi connectivity index (χ1n) is 8.12. The number of sulfonamides is 1. The van der Waals surface area contributed by atoms with Gasteiger partial charge in [-0.25, -0.2) is 13.2 Å². The van der Waals surface area contributed by atoms with Crippen molar-refractivity contribution in [2.45, 2.75) is 18.7 Å². The zero-order valence-corrected chi connectivity index (χ0v) is 16.7. The summed E-state index contributed by atoms with van der Waals surface area (Å²) in [7, 11) is -2.72. The molecule has 0 atom stereocenters. The Morgan fingerprint density at radius 1 is 1.04 bits per heavy atom. The molecule has 0 unspecified atom stereocenters. The van der Waals surface area contributed by atoms with Crippen LogP contribution in [0.4, 0.5) is 5.69 Å². The molecule has 0 heterocycles. The van der Waals surface area contributed by atoms with E-state index in [-0.39, 0.29) is 21.2 Å². The van der Waals surface area contributed by atoms with Gasteiger partial charge in [0.25, 0.3) is 10.0 Å². The molecule has 0 bridgehead atoms. The van der Waals surface area contributed by atoms with Crippen LogP contribution in [0.5, 0.6) is 11.5 Å². The number of esters is 1. The van der Waals surface area contributed by atoms with Gasteiger partial charge in [0.05, 0.1) is 35.8 Å². The van der Waals surface area contributed by atoms with Gasteiger partial charge >= 0.3 is 5.97 Å². The average molecular weight is 414 g/mol. The zero-order chi connectivity index (χ0) is 20.0. The first-order chi connectivity index (χ1) is 12.8. The van der Waals surface area contributed by atoms with Crippen molar-refractivity contribution in [1.82, 2.24) is 0 Å². The molecule has 2 aromatic carbocycles. The Hall–Kier alpha value is -2.45. The lowest BCUT2D eigenvalue weighted by atomic mass is 10.2. The zero-order valence-electron chi connectivity index (χ0n) is 15.1. The molecule has 9 heteroatoms. The maximum atomic E-state index is 12.7. The van der Waals surface area contributed by atoms with Crippen molar-refractivity contribution < 1.29 is 27.4 Å². The fourth-order valence-electron chi connectivity index (χ4n) is 2.27. The van der Waals surface area contributed by atoms with Crippen LogP contribution in [0.2, 0.25) is 5.02 Å². The smallest absolute Gasteiger partial charge is 0.339 e. The van der Waals surface area contributed by atoms with Crippen LogP contribution >= 0.6 is 11.6 Å². The molecular formula is C18H20ClNO6S. The van der Waals surface area contributed by atoms with Gasteiger partial charge in [-0.1, -0.05) is 11.6 Å². The van der Waals surface area contributed by atoms with E-state index in [9.17, 15) is 13.2 Å². The summed E-state index contributed by atoms with van der Waals surface area (Å²) >= 11 is 5.95. The van der Waals surface area contributed by atoms with Crippen molar-refractivity contribution in [2.24, 2.45) is 0 Å². The Bertz CT molecular complexity index is 929. The highest BCUT2D eigenvalue weighted by atomic mass is 35.5. The Kier molecular flexibility index (Phi) is 6.92. The fraction of sp³-hybridized carbons (Fsp3) is 0.278. The van der Waals surface area contributed by atoms with Gasteiger partial charge in [0.15, 0.2) is 11.5 Å². The minimum Gasteiger partial charge on any atom is -0.490 e. The summed E-state index contributed by atoms with van der Waals surface area (Å²) in [6, 6.07) is 8.50. The minimum atomic E-state index is -3.93. The standard InChI is InChI=1S/C18H20ClNO6S/c1-4-25-16-9-7-13(11-17(16)26-5-2)27(22,23)20-12-6-8-15(19)14(10-12)18(21)24-3/h6-11,20H,4-5H2,1-3H3. The molecule has 0 amide bonds. The van der Waals surface area contributed by atoms with Gasteiger partial charge in [0, 0.05) is 11.8 Å². The van der Waals surface area contributed by atoms with Crippen LogP contribution in [0, 0.1) is 0 Å². The van der Waals surface area contributed by atoms with E-state index in [2.05, 4.69) is 9.46 Å². The van der Waals surface area contributed by atoms with E-state index in [1.807, 2.05) is 6.92 Å². The summed E-state index contributed by atoms with van der Waals surface area (Å²) in [5, 5.41) is 0.157. The third-order valence-corrected chi connectivity index (χ3v) is 5.16. The van der Waals surface area contributed by atoms with Crippen molar-refractivity contribution in [1.29, 1.82) is 0 Å². The molecular weight excluding hydrogens is 394 g/mol. The third-order valence-electron chi connectivity index (χ3n) is 3.45. The van der Waals surface area contributed by atoms with E-state index >= 15 is 0 Å². The average Bonchev–Trinajstić information content (AvgIpc) is 2.64. The largest absolute Gasteiger partial charge is 0.490 e. The lowest BCUT2D eigenvalue weighted by molar-refractivity contribution is 0.0601. The van der Waals surface area contributed by atoms with E-state index in [1.165, 1.54) is 43.5 Å².